The van der Waals surface area contributed by atoms with Gasteiger partial charge in [0.25, 0.3) is 5.91 Å². The molecule has 1 aromatic heterocycles. The Balaban J connectivity index is 1.55. The van der Waals surface area contributed by atoms with Crippen LogP contribution in [0.25, 0.3) is 0 Å². The van der Waals surface area contributed by atoms with Crippen LogP contribution in [0.1, 0.15) is 17.0 Å². The van der Waals surface area contributed by atoms with Crippen LogP contribution in [0.5, 0.6) is 0 Å². The number of piperazine rings is 1. The second-order valence-corrected chi connectivity index (χ2v) is 6.56. The number of hydrogen-bond donors (Lipinski definition) is 0. The highest BCUT2D eigenvalue weighted by Gasteiger charge is 2.49. The molecule has 1 unspecified atom stereocenters. The molecule has 0 spiro atoms. The van der Waals surface area contributed by atoms with Gasteiger partial charge in [-0.05, 0) is 19.4 Å². The van der Waals surface area contributed by atoms with Gasteiger partial charge in [0, 0.05) is 26.2 Å². The Kier molecular flexibility index (Phi) is 3.80. The van der Waals surface area contributed by atoms with Gasteiger partial charge in [0.15, 0.2) is 5.76 Å². The van der Waals surface area contributed by atoms with Crippen molar-refractivity contribution in [3.8, 4) is 0 Å². The van der Waals surface area contributed by atoms with Gasteiger partial charge >= 0.3 is 6.03 Å². The molecule has 2 aromatic rings. The van der Waals surface area contributed by atoms with E-state index in [2.05, 4.69) is 22.2 Å². The van der Waals surface area contributed by atoms with Gasteiger partial charge in [-0.15, -0.1) is 0 Å². The highest BCUT2D eigenvalue weighted by Crippen LogP contribution is 2.32. The van der Waals surface area contributed by atoms with Crippen molar-refractivity contribution >= 4 is 17.6 Å². The lowest BCUT2D eigenvalue weighted by Gasteiger charge is -2.35. The van der Waals surface area contributed by atoms with Crippen LogP contribution >= 0.6 is 0 Å². The zero-order valence-corrected chi connectivity index (χ0v) is 14.3. The van der Waals surface area contributed by atoms with Crippen molar-refractivity contribution in [3.05, 3.63) is 47.3 Å². The molecule has 2 saturated heterocycles. The Bertz CT molecular complexity index is 797. The molecule has 0 N–H and O–H groups in total. The minimum absolute atomic E-state index is 0.197. The average molecular weight is 340 g/mol. The topological polar surface area (TPSA) is 69.9 Å². The van der Waals surface area contributed by atoms with E-state index < -0.39 is 6.04 Å². The third kappa shape index (κ3) is 2.60. The molecule has 0 aliphatic carbocycles. The summed E-state index contributed by atoms with van der Waals surface area (Å²) in [6.45, 7) is 6.07. The van der Waals surface area contributed by atoms with Gasteiger partial charge in [0.05, 0.1) is 0 Å². The second kappa shape index (κ2) is 6.00. The molecule has 0 saturated carbocycles. The molecule has 7 heteroatoms. The van der Waals surface area contributed by atoms with E-state index in [4.69, 9.17) is 4.52 Å². The standard InChI is InChI=1S/C18H20N4O3/c1-12-16(13(2)25-19-12)22-17(23)15-11-20(8-9-21(15)18(22)24)10-14-6-4-3-5-7-14/h3-7,15H,8-11H2,1-2H3. The summed E-state index contributed by atoms with van der Waals surface area (Å²) in [5.41, 5.74) is 2.24. The number of fused-ring (bicyclic) bond motifs is 1. The summed E-state index contributed by atoms with van der Waals surface area (Å²) in [5, 5.41) is 3.87. The normalized spacial score (nSPS) is 21.1. The monoisotopic (exact) mass is 340 g/mol. The minimum Gasteiger partial charge on any atom is -0.359 e. The van der Waals surface area contributed by atoms with Crippen molar-refractivity contribution in [2.75, 3.05) is 24.5 Å². The van der Waals surface area contributed by atoms with Crippen LogP contribution in [-0.4, -0.2) is 52.6 Å². The molecule has 1 aromatic carbocycles. The molecule has 3 heterocycles. The van der Waals surface area contributed by atoms with Crippen molar-refractivity contribution in [2.45, 2.75) is 26.4 Å². The maximum Gasteiger partial charge on any atom is 0.332 e. The van der Waals surface area contributed by atoms with Gasteiger partial charge in [0.1, 0.15) is 17.4 Å². The lowest BCUT2D eigenvalue weighted by atomic mass is 10.1. The summed E-state index contributed by atoms with van der Waals surface area (Å²) < 4.78 is 5.13. The van der Waals surface area contributed by atoms with E-state index in [-0.39, 0.29) is 11.9 Å². The fraction of sp³-hybridized carbons (Fsp3) is 0.389. The maximum atomic E-state index is 12.9. The lowest BCUT2D eigenvalue weighted by Crippen LogP contribution is -2.52. The number of urea groups is 1. The van der Waals surface area contributed by atoms with Gasteiger partial charge in [-0.3, -0.25) is 9.69 Å². The van der Waals surface area contributed by atoms with Gasteiger partial charge in [-0.1, -0.05) is 35.5 Å². The summed E-state index contributed by atoms with van der Waals surface area (Å²) >= 11 is 0. The van der Waals surface area contributed by atoms with Gasteiger partial charge in [-0.25, -0.2) is 9.69 Å². The van der Waals surface area contributed by atoms with Crippen LogP contribution in [0, 0.1) is 13.8 Å². The predicted molar refractivity (Wildman–Crippen MR) is 91.1 cm³/mol. The van der Waals surface area contributed by atoms with Gasteiger partial charge in [0.2, 0.25) is 0 Å². The second-order valence-electron chi connectivity index (χ2n) is 6.56. The van der Waals surface area contributed by atoms with Crippen LogP contribution in [0.2, 0.25) is 0 Å². The number of benzene rings is 1. The van der Waals surface area contributed by atoms with E-state index in [9.17, 15) is 9.59 Å². The fourth-order valence-electron chi connectivity index (χ4n) is 3.64. The third-order valence-electron chi connectivity index (χ3n) is 4.88. The Labute approximate surface area is 145 Å². The SMILES string of the molecule is Cc1noc(C)c1N1C(=O)C2CN(Cc3ccccc3)CCN2C1=O. The smallest absolute Gasteiger partial charge is 0.332 e. The highest BCUT2D eigenvalue weighted by molar-refractivity contribution is 6.22. The number of anilines is 1. The summed E-state index contributed by atoms with van der Waals surface area (Å²) in [5.74, 6) is 0.289. The van der Waals surface area contributed by atoms with E-state index in [0.29, 0.717) is 30.2 Å². The van der Waals surface area contributed by atoms with E-state index in [1.807, 2.05) is 18.2 Å². The van der Waals surface area contributed by atoms with Crippen molar-refractivity contribution in [1.29, 1.82) is 0 Å². The van der Waals surface area contributed by atoms with Crippen LogP contribution in [-0.2, 0) is 11.3 Å². The van der Waals surface area contributed by atoms with E-state index in [1.165, 1.54) is 10.5 Å². The Morgan fingerprint density at radius 1 is 1.16 bits per heavy atom. The largest absolute Gasteiger partial charge is 0.359 e. The molecule has 4 rings (SSSR count). The van der Waals surface area contributed by atoms with Crippen LogP contribution < -0.4 is 4.90 Å². The molecule has 7 nitrogen and oxygen atoms in total. The van der Waals surface area contributed by atoms with E-state index in [0.717, 1.165) is 13.1 Å². The van der Waals surface area contributed by atoms with Crippen molar-refractivity contribution < 1.29 is 14.1 Å². The molecular weight excluding hydrogens is 320 g/mol. The minimum atomic E-state index is -0.446. The lowest BCUT2D eigenvalue weighted by molar-refractivity contribution is -0.121. The van der Waals surface area contributed by atoms with Gasteiger partial charge < -0.3 is 9.42 Å². The molecule has 1 atom stereocenters. The molecule has 3 amide bonds. The number of amides is 3. The van der Waals surface area contributed by atoms with Crippen molar-refractivity contribution in [3.63, 3.8) is 0 Å². The predicted octanol–water partition coefficient (Wildman–Crippen LogP) is 1.94. The zero-order chi connectivity index (χ0) is 17.6. The molecule has 2 fully saturated rings. The first kappa shape index (κ1) is 15.8. The van der Waals surface area contributed by atoms with Crippen molar-refractivity contribution in [1.82, 2.24) is 15.0 Å². The quantitative estimate of drug-likeness (QED) is 0.799. The number of carbonyl (C=O) groups is 2. The molecule has 130 valence electrons. The molecule has 2 aliphatic rings. The summed E-state index contributed by atoms with van der Waals surface area (Å²) in [7, 11) is 0. The number of aromatic nitrogens is 1. The van der Waals surface area contributed by atoms with Crippen LogP contribution in [0.15, 0.2) is 34.9 Å². The molecule has 25 heavy (non-hydrogen) atoms. The Morgan fingerprint density at radius 3 is 2.60 bits per heavy atom. The first-order valence-electron chi connectivity index (χ1n) is 8.40. The zero-order valence-electron chi connectivity index (χ0n) is 14.3. The van der Waals surface area contributed by atoms with Gasteiger partial charge in [-0.2, -0.15) is 0 Å². The molecule has 0 radical (unpaired) electrons. The van der Waals surface area contributed by atoms with Crippen LogP contribution in [0.3, 0.4) is 0 Å². The van der Waals surface area contributed by atoms with E-state index in [1.54, 1.807) is 18.7 Å². The summed E-state index contributed by atoms with van der Waals surface area (Å²) in [6, 6.07) is 9.43. The molecule has 0 bridgehead atoms. The van der Waals surface area contributed by atoms with Crippen LogP contribution in [0.4, 0.5) is 10.5 Å². The first-order chi connectivity index (χ1) is 12.1. The Hall–Kier alpha value is -2.67. The number of rotatable bonds is 3. The number of nitrogens with zero attached hydrogens (tertiary/aromatic N) is 4. The Morgan fingerprint density at radius 2 is 1.92 bits per heavy atom. The fourth-order valence-corrected chi connectivity index (χ4v) is 3.64. The summed E-state index contributed by atoms with van der Waals surface area (Å²) in [4.78, 5) is 30.8. The van der Waals surface area contributed by atoms with E-state index >= 15 is 0 Å². The maximum absolute atomic E-state index is 12.9. The number of hydrogen-bond acceptors (Lipinski definition) is 5. The summed E-state index contributed by atoms with van der Waals surface area (Å²) in [6.07, 6.45) is 0. The third-order valence-corrected chi connectivity index (χ3v) is 4.88. The molecular formula is C18H20N4O3. The number of imide groups is 1. The first-order valence-corrected chi connectivity index (χ1v) is 8.40. The number of aryl methyl sites for hydroxylation is 2. The van der Waals surface area contributed by atoms with Crippen molar-refractivity contribution in [2.24, 2.45) is 0 Å². The average Bonchev–Trinajstić information content (AvgIpc) is 3.06. The highest BCUT2D eigenvalue weighted by atomic mass is 16.5. The molecule has 2 aliphatic heterocycles. The number of carbonyl (C=O) groups excluding carboxylic acids is 2.